The van der Waals surface area contributed by atoms with Gasteiger partial charge in [-0.3, -0.25) is 4.90 Å². The standard InChI is InChI=1S/C12H27N3/c1-5-8-14(4)11-12(2,3)15-9-6-13-7-10-15/h13H,5-11H2,1-4H3. The maximum Gasteiger partial charge on any atom is 0.0281 e. The van der Waals surface area contributed by atoms with Crippen LogP contribution in [-0.2, 0) is 0 Å². The number of likely N-dealkylation sites (N-methyl/N-ethyl adjacent to an activating group) is 1. The van der Waals surface area contributed by atoms with Gasteiger partial charge in [0.25, 0.3) is 0 Å². The first kappa shape index (κ1) is 12.9. The Bertz CT molecular complexity index is 174. The molecule has 1 rings (SSSR count). The maximum atomic E-state index is 3.41. The minimum Gasteiger partial charge on any atom is -0.314 e. The van der Waals surface area contributed by atoms with Crippen molar-refractivity contribution in [3.8, 4) is 0 Å². The van der Waals surface area contributed by atoms with Crippen LogP contribution in [0, 0.1) is 0 Å². The van der Waals surface area contributed by atoms with Crippen molar-refractivity contribution in [3.63, 3.8) is 0 Å². The molecule has 0 aromatic heterocycles. The van der Waals surface area contributed by atoms with Gasteiger partial charge < -0.3 is 10.2 Å². The van der Waals surface area contributed by atoms with Crippen molar-refractivity contribution < 1.29 is 0 Å². The predicted octanol–water partition coefficient (Wildman–Crippen LogP) is 1.01. The molecular formula is C12H27N3. The van der Waals surface area contributed by atoms with Crippen LogP contribution < -0.4 is 5.32 Å². The van der Waals surface area contributed by atoms with E-state index in [1.807, 2.05) is 0 Å². The van der Waals surface area contributed by atoms with Crippen LogP contribution in [0.25, 0.3) is 0 Å². The summed E-state index contributed by atoms with van der Waals surface area (Å²) in [5.74, 6) is 0. The summed E-state index contributed by atoms with van der Waals surface area (Å²) < 4.78 is 0. The number of rotatable bonds is 5. The summed E-state index contributed by atoms with van der Waals surface area (Å²) in [5.41, 5.74) is 0.312. The molecule has 3 nitrogen and oxygen atoms in total. The molecule has 90 valence electrons. The minimum absolute atomic E-state index is 0.312. The zero-order chi connectivity index (χ0) is 11.3. The molecule has 0 aliphatic carbocycles. The lowest BCUT2D eigenvalue weighted by Gasteiger charge is -2.43. The van der Waals surface area contributed by atoms with Crippen molar-refractivity contribution in [2.45, 2.75) is 32.7 Å². The van der Waals surface area contributed by atoms with E-state index in [0.717, 1.165) is 13.1 Å². The molecule has 0 aromatic rings. The largest absolute Gasteiger partial charge is 0.314 e. The third-order valence-corrected chi connectivity index (χ3v) is 3.24. The minimum atomic E-state index is 0.312. The van der Waals surface area contributed by atoms with Crippen LogP contribution in [-0.4, -0.2) is 61.7 Å². The van der Waals surface area contributed by atoms with E-state index in [0.29, 0.717) is 5.54 Å². The second-order valence-corrected chi connectivity index (χ2v) is 5.29. The highest BCUT2D eigenvalue weighted by molar-refractivity contribution is 4.86. The Balaban J connectivity index is 2.41. The highest BCUT2D eigenvalue weighted by Gasteiger charge is 2.28. The van der Waals surface area contributed by atoms with Crippen LogP contribution in [0.5, 0.6) is 0 Å². The monoisotopic (exact) mass is 213 g/mol. The third kappa shape index (κ3) is 4.09. The molecule has 0 saturated carbocycles. The lowest BCUT2D eigenvalue weighted by Crippen LogP contribution is -2.57. The molecule has 15 heavy (non-hydrogen) atoms. The Hall–Kier alpha value is -0.120. The van der Waals surface area contributed by atoms with Gasteiger partial charge in [0.2, 0.25) is 0 Å². The van der Waals surface area contributed by atoms with E-state index in [1.165, 1.54) is 32.6 Å². The van der Waals surface area contributed by atoms with Gasteiger partial charge >= 0.3 is 0 Å². The van der Waals surface area contributed by atoms with Crippen molar-refractivity contribution in [1.82, 2.24) is 15.1 Å². The van der Waals surface area contributed by atoms with Crippen LogP contribution in [0.1, 0.15) is 27.2 Å². The van der Waals surface area contributed by atoms with Gasteiger partial charge in [-0.1, -0.05) is 6.92 Å². The van der Waals surface area contributed by atoms with E-state index in [1.54, 1.807) is 0 Å². The smallest absolute Gasteiger partial charge is 0.0281 e. The number of hydrogen-bond acceptors (Lipinski definition) is 3. The molecule has 1 fully saturated rings. The van der Waals surface area contributed by atoms with Crippen molar-refractivity contribution in [2.75, 3.05) is 46.3 Å². The molecule has 0 unspecified atom stereocenters. The summed E-state index contributed by atoms with van der Waals surface area (Å²) in [4.78, 5) is 5.05. The molecule has 0 bridgehead atoms. The summed E-state index contributed by atoms with van der Waals surface area (Å²) in [7, 11) is 2.23. The van der Waals surface area contributed by atoms with Crippen molar-refractivity contribution in [2.24, 2.45) is 0 Å². The molecule has 1 heterocycles. The average molecular weight is 213 g/mol. The molecule has 1 aliphatic heterocycles. The van der Waals surface area contributed by atoms with Crippen LogP contribution in [0.4, 0.5) is 0 Å². The summed E-state index contributed by atoms with van der Waals surface area (Å²) in [6.45, 7) is 14.0. The van der Waals surface area contributed by atoms with E-state index in [-0.39, 0.29) is 0 Å². The van der Waals surface area contributed by atoms with Gasteiger partial charge in [0.15, 0.2) is 0 Å². The van der Waals surface area contributed by atoms with E-state index in [9.17, 15) is 0 Å². The van der Waals surface area contributed by atoms with Crippen LogP contribution in [0.2, 0.25) is 0 Å². The van der Waals surface area contributed by atoms with Gasteiger partial charge in [-0.2, -0.15) is 0 Å². The van der Waals surface area contributed by atoms with Crippen molar-refractivity contribution in [3.05, 3.63) is 0 Å². The van der Waals surface area contributed by atoms with Gasteiger partial charge in [-0.25, -0.2) is 0 Å². The maximum absolute atomic E-state index is 3.41. The highest BCUT2D eigenvalue weighted by Crippen LogP contribution is 2.16. The topological polar surface area (TPSA) is 18.5 Å². The fourth-order valence-corrected chi connectivity index (χ4v) is 2.49. The first-order chi connectivity index (χ1) is 7.06. The molecule has 0 spiro atoms. The number of nitrogens with zero attached hydrogens (tertiary/aromatic N) is 2. The molecule has 0 radical (unpaired) electrons. The van der Waals surface area contributed by atoms with Crippen LogP contribution in [0.3, 0.4) is 0 Å². The predicted molar refractivity (Wildman–Crippen MR) is 66.3 cm³/mol. The number of piperazine rings is 1. The summed E-state index contributed by atoms with van der Waals surface area (Å²) in [6, 6.07) is 0. The Labute approximate surface area is 94.8 Å². The Morgan fingerprint density at radius 1 is 1.27 bits per heavy atom. The van der Waals surface area contributed by atoms with Gasteiger partial charge in [0.05, 0.1) is 0 Å². The molecular weight excluding hydrogens is 186 g/mol. The van der Waals surface area contributed by atoms with E-state index in [4.69, 9.17) is 0 Å². The second kappa shape index (κ2) is 5.83. The first-order valence-electron chi connectivity index (χ1n) is 6.20. The Kier molecular flexibility index (Phi) is 5.03. The summed E-state index contributed by atoms with van der Waals surface area (Å²) in [5, 5.41) is 3.41. The molecule has 0 amide bonds. The van der Waals surface area contributed by atoms with Crippen molar-refractivity contribution >= 4 is 0 Å². The SMILES string of the molecule is CCCN(C)CC(C)(C)N1CCNCC1. The summed E-state index contributed by atoms with van der Waals surface area (Å²) in [6.07, 6.45) is 1.24. The third-order valence-electron chi connectivity index (χ3n) is 3.24. The highest BCUT2D eigenvalue weighted by atomic mass is 15.3. The number of nitrogens with one attached hydrogen (secondary N) is 1. The van der Waals surface area contributed by atoms with E-state index >= 15 is 0 Å². The fourth-order valence-electron chi connectivity index (χ4n) is 2.49. The molecule has 1 saturated heterocycles. The molecule has 1 aliphatic rings. The van der Waals surface area contributed by atoms with Crippen LogP contribution >= 0.6 is 0 Å². The van der Waals surface area contributed by atoms with Gasteiger partial charge in [0.1, 0.15) is 0 Å². The Morgan fingerprint density at radius 3 is 2.40 bits per heavy atom. The first-order valence-corrected chi connectivity index (χ1v) is 6.20. The normalized spacial score (nSPS) is 19.8. The lowest BCUT2D eigenvalue weighted by molar-refractivity contribution is 0.0714. The summed E-state index contributed by atoms with van der Waals surface area (Å²) >= 11 is 0. The van der Waals surface area contributed by atoms with Gasteiger partial charge in [0, 0.05) is 38.3 Å². The quantitative estimate of drug-likeness (QED) is 0.735. The zero-order valence-corrected chi connectivity index (χ0v) is 10.8. The average Bonchev–Trinajstić information content (AvgIpc) is 2.18. The van der Waals surface area contributed by atoms with Gasteiger partial charge in [-0.15, -0.1) is 0 Å². The lowest BCUT2D eigenvalue weighted by atomic mass is 10.0. The van der Waals surface area contributed by atoms with Gasteiger partial charge in [-0.05, 0) is 33.9 Å². The fraction of sp³-hybridized carbons (Fsp3) is 1.00. The second-order valence-electron chi connectivity index (χ2n) is 5.29. The number of hydrogen-bond donors (Lipinski definition) is 1. The molecule has 0 atom stereocenters. The molecule has 1 N–H and O–H groups in total. The van der Waals surface area contributed by atoms with Crippen molar-refractivity contribution in [1.29, 1.82) is 0 Å². The van der Waals surface area contributed by atoms with E-state index < -0.39 is 0 Å². The van der Waals surface area contributed by atoms with Crippen LogP contribution in [0.15, 0.2) is 0 Å². The zero-order valence-electron chi connectivity index (χ0n) is 10.8. The Morgan fingerprint density at radius 2 is 1.87 bits per heavy atom. The molecule has 3 heteroatoms. The van der Waals surface area contributed by atoms with E-state index in [2.05, 4.69) is 42.9 Å². The molecule has 0 aromatic carbocycles.